The number of thiocarbonyl (C=S) groups is 1. The van der Waals surface area contributed by atoms with Crippen LogP contribution in [0, 0.1) is 5.41 Å². The van der Waals surface area contributed by atoms with Gasteiger partial charge in [-0.2, -0.15) is 0 Å². The summed E-state index contributed by atoms with van der Waals surface area (Å²) in [7, 11) is -3.24. The lowest BCUT2D eigenvalue weighted by atomic mass is 9.79. The van der Waals surface area contributed by atoms with E-state index >= 15 is 0 Å². The molecule has 0 aromatic rings. The molecule has 0 radical (unpaired) electrons. The number of sulfonamides is 1. The van der Waals surface area contributed by atoms with Gasteiger partial charge in [0.1, 0.15) is 0 Å². The molecule has 1 saturated carbocycles. The smallest absolute Gasteiger partial charge is 0.233 e. The Morgan fingerprint density at radius 3 is 2.20 bits per heavy atom. The maximum Gasteiger partial charge on any atom is 0.233 e. The lowest BCUT2D eigenvalue weighted by molar-refractivity contribution is -0.128. The molecule has 1 aliphatic rings. The first-order valence-electron chi connectivity index (χ1n) is 6.81. The summed E-state index contributed by atoms with van der Waals surface area (Å²) in [5, 5.41) is 2.74. The molecule has 0 aromatic heterocycles. The lowest BCUT2D eigenvalue weighted by Crippen LogP contribution is -2.50. The highest BCUT2D eigenvalue weighted by Gasteiger charge is 2.41. The molecule has 0 bridgehead atoms. The van der Waals surface area contributed by atoms with Crippen molar-refractivity contribution in [2.24, 2.45) is 11.1 Å². The van der Waals surface area contributed by atoms with Crippen LogP contribution in [-0.4, -0.2) is 38.7 Å². The van der Waals surface area contributed by atoms with Gasteiger partial charge in [-0.3, -0.25) is 4.79 Å². The van der Waals surface area contributed by atoms with Crippen LogP contribution in [0.5, 0.6) is 0 Å². The quantitative estimate of drug-likeness (QED) is 0.370. The number of rotatable bonds is 6. The van der Waals surface area contributed by atoms with E-state index in [9.17, 15) is 13.2 Å². The summed E-state index contributed by atoms with van der Waals surface area (Å²) in [5.41, 5.74) is 5.04. The zero-order chi connectivity index (χ0) is 15.2. The predicted octanol–water partition coefficient (Wildman–Crippen LogP) is 0.278. The van der Waals surface area contributed by atoms with E-state index in [1.807, 2.05) is 0 Å². The second-order valence-electron chi connectivity index (χ2n) is 5.28. The molecule has 1 rings (SSSR count). The molecule has 1 amide bonds. The number of nitrogens with two attached hydrogens (primary N) is 1. The summed E-state index contributed by atoms with van der Waals surface area (Å²) in [5.74, 6) is -0.179. The van der Waals surface area contributed by atoms with Crippen LogP contribution in [0.3, 0.4) is 0 Å². The molecule has 0 aliphatic heterocycles. The molecule has 1 aliphatic carbocycles. The van der Waals surface area contributed by atoms with Crippen LogP contribution in [0.15, 0.2) is 0 Å². The summed E-state index contributed by atoms with van der Waals surface area (Å²) >= 11 is 5.11. The van der Waals surface area contributed by atoms with Gasteiger partial charge in [-0.25, -0.2) is 13.1 Å². The predicted molar refractivity (Wildman–Crippen MR) is 82.8 cm³/mol. The average molecular weight is 321 g/mol. The number of amides is 1. The van der Waals surface area contributed by atoms with Gasteiger partial charge in [0.2, 0.25) is 15.9 Å². The SMILES string of the molecule is CS(=O)(=O)NCCNC(=O)C1(C(N)=S)CCCCCC1. The Kier molecular flexibility index (Phi) is 6.35. The van der Waals surface area contributed by atoms with E-state index in [1.165, 1.54) is 0 Å². The molecule has 20 heavy (non-hydrogen) atoms. The first-order valence-corrected chi connectivity index (χ1v) is 9.11. The lowest BCUT2D eigenvalue weighted by Gasteiger charge is -2.30. The van der Waals surface area contributed by atoms with Crippen LogP contribution < -0.4 is 15.8 Å². The fourth-order valence-corrected chi connectivity index (χ4v) is 3.27. The maximum absolute atomic E-state index is 12.4. The molecule has 8 heteroatoms. The molecule has 1 fully saturated rings. The Balaban J connectivity index is 2.58. The van der Waals surface area contributed by atoms with Gasteiger partial charge in [0.05, 0.1) is 16.7 Å². The van der Waals surface area contributed by atoms with Crippen LogP contribution in [0.1, 0.15) is 38.5 Å². The number of nitrogens with one attached hydrogen (secondary N) is 2. The number of carbonyl (C=O) groups is 1. The average Bonchev–Trinajstić information content (AvgIpc) is 2.59. The Morgan fingerprint density at radius 1 is 1.20 bits per heavy atom. The van der Waals surface area contributed by atoms with Crippen LogP contribution in [-0.2, 0) is 14.8 Å². The summed E-state index contributed by atoms with van der Waals surface area (Å²) < 4.78 is 24.2. The van der Waals surface area contributed by atoms with E-state index in [2.05, 4.69) is 10.0 Å². The van der Waals surface area contributed by atoms with Gasteiger partial charge >= 0.3 is 0 Å². The van der Waals surface area contributed by atoms with Gasteiger partial charge in [0, 0.05) is 13.1 Å². The van der Waals surface area contributed by atoms with Crippen molar-refractivity contribution >= 4 is 33.1 Å². The Bertz CT molecular complexity index is 455. The largest absolute Gasteiger partial charge is 0.392 e. The second kappa shape index (κ2) is 7.33. The topological polar surface area (TPSA) is 101 Å². The second-order valence-corrected chi connectivity index (χ2v) is 7.56. The minimum absolute atomic E-state index is 0.165. The molecule has 0 atom stereocenters. The zero-order valence-corrected chi connectivity index (χ0v) is 13.4. The fourth-order valence-electron chi connectivity index (χ4n) is 2.50. The summed E-state index contributed by atoms with van der Waals surface area (Å²) in [6.07, 6.45) is 6.48. The Labute approximate surface area is 125 Å². The van der Waals surface area contributed by atoms with E-state index in [-0.39, 0.29) is 24.0 Å². The first kappa shape index (κ1) is 17.3. The van der Waals surface area contributed by atoms with Gasteiger partial charge < -0.3 is 11.1 Å². The summed E-state index contributed by atoms with van der Waals surface area (Å²) in [4.78, 5) is 12.6. The van der Waals surface area contributed by atoms with Crippen molar-refractivity contribution in [3.8, 4) is 0 Å². The highest BCUT2D eigenvalue weighted by atomic mass is 32.2. The molecule has 0 unspecified atom stereocenters. The van der Waals surface area contributed by atoms with Crippen LogP contribution in [0.4, 0.5) is 0 Å². The van der Waals surface area contributed by atoms with Gasteiger partial charge in [-0.15, -0.1) is 0 Å². The molecular formula is C12H23N3O3S2. The van der Waals surface area contributed by atoms with Gasteiger partial charge in [-0.05, 0) is 12.8 Å². The van der Waals surface area contributed by atoms with E-state index in [4.69, 9.17) is 18.0 Å². The van der Waals surface area contributed by atoms with E-state index < -0.39 is 15.4 Å². The number of hydrogen-bond acceptors (Lipinski definition) is 4. The van der Waals surface area contributed by atoms with Gasteiger partial charge in [0.25, 0.3) is 0 Å². The molecule has 0 spiro atoms. The highest BCUT2D eigenvalue weighted by Crippen LogP contribution is 2.35. The molecule has 0 saturated heterocycles. The van der Waals surface area contributed by atoms with E-state index in [0.717, 1.165) is 31.9 Å². The standard InChI is InChI=1S/C12H23N3O3S2/c1-20(17,18)15-9-8-14-11(16)12(10(13)19)6-4-2-3-5-7-12/h15H,2-9H2,1H3,(H2,13,19)(H,14,16). The van der Waals surface area contributed by atoms with Gasteiger partial charge in [0.15, 0.2) is 0 Å². The zero-order valence-electron chi connectivity index (χ0n) is 11.8. The van der Waals surface area contributed by atoms with Crippen LogP contribution >= 0.6 is 12.2 Å². The minimum atomic E-state index is -3.24. The van der Waals surface area contributed by atoms with E-state index in [1.54, 1.807) is 0 Å². The van der Waals surface area contributed by atoms with Crippen molar-refractivity contribution in [1.29, 1.82) is 0 Å². The third-order valence-corrected chi connectivity index (χ3v) is 4.76. The van der Waals surface area contributed by atoms with Crippen molar-refractivity contribution in [1.82, 2.24) is 10.0 Å². The summed E-state index contributed by atoms with van der Waals surface area (Å²) in [6, 6.07) is 0. The monoisotopic (exact) mass is 321 g/mol. The van der Waals surface area contributed by atoms with Gasteiger partial charge in [-0.1, -0.05) is 37.9 Å². The van der Waals surface area contributed by atoms with Crippen molar-refractivity contribution in [2.45, 2.75) is 38.5 Å². The molecule has 4 N–H and O–H groups in total. The summed E-state index contributed by atoms with van der Waals surface area (Å²) in [6.45, 7) is 0.397. The highest BCUT2D eigenvalue weighted by molar-refractivity contribution is 7.88. The van der Waals surface area contributed by atoms with Crippen molar-refractivity contribution in [3.05, 3.63) is 0 Å². The molecular weight excluding hydrogens is 298 g/mol. The first-order chi connectivity index (χ1) is 9.28. The minimum Gasteiger partial charge on any atom is -0.392 e. The third-order valence-electron chi connectivity index (χ3n) is 3.64. The van der Waals surface area contributed by atoms with Crippen LogP contribution in [0.25, 0.3) is 0 Å². The third kappa shape index (κ3) is 4.99. The maximum atomic E-state index is 12.4. The Hall–Kier alpha value is -0.730. The van der Waals surface area contributed by atoms with Crippen molar-refractivity contribution < 1.29 is 13.2 Å². The van der Waals surface area contributed by atoms with E-state index in [0.29, 0.717) is 12.8 Å². The molecule has 6 nitrogen and oxygen atoms in total. The normalized spacial score (nSPS) is 19.1. The fraction of sp³-hybridized carbons (Fsp3) is 0.833. The van der Waals surface area contributed by atoms with Crippen LogP contribution in [0.2, 0.25) is 0 Å². The molecule has 0 aromatic carbocycles. The molecule has 116 valence electrons. The Morgan fingerprint density at radius 2 is 1.75 bits per heavy atom. The van der Waals surface area contributed by atoms with Crippen molar-refractivity contribution in [2.75, 3.05) is 19.3 Å². The number of hydrogen-bond donors (Lipinski definition) is 3. The van der Waals surface area contributed by atoms with Crippen molar-refractivity contribution in [3.63, 3.8) is 0 Å². The molecule has 0 heterocycles. The number of carbonyl (C=O) groups excluding carboxylic acids is 1.